The van der Waals surface area contributed by atoms with E-state index in [9.17, 15) is 4.79 Å². The molecule has 1 aliphatic heterocycles. The van der Waals surface area contributed by atoms with Gasteiger partial charge in [0.1, 0.15) is 8.42 Å². The van der Waals surface area contributed by atoms with Crippen molar-refractivity contribution < 1.29 is 0 Å². The fourth-order valence-electron chi connectivity index (χ4n) is 0.459. The molecule has 0 unspecified atom stereocenters. The lowest BCUT2D eigenvalue weighted by Gasteiger charge is -1.86. The third kappa shape index (κ3) is 2.29. The molecule has 2 heterocycles. The minimum atomic E-state index is 0.211. The lowest BCUT2D eigenvalue weighted by atomic mass is 11.1. The minimum absolute atomic E-state index is 0.211. The summed E-state index contributed by atoms with van der Waals surface area (Å²) in [5, 5.41) is 0. The molecule has 0 saturated heterocycles. The van der Waals surface area contributed by atoms with Crippen LogP contribution in [0.1, 0.15) is 0 Å². The summed E-state index contributed by atoms with van der Waals surface area (Å²) in [4.78, 5) is 11.0. The number of hydrogen-bond acceptors (Lipinski definition) is 8. The lowest BCUT2D eigenvalue weighted by Crippen LogP contribution is -1.73. The highest BCUT2D eigenvalue weighted by atomic mass is 33.8. The zero-order valence-electron chi connectivity index (χ0n) is 4.77. The normalized spacial score (nSPS) is 17.5. The molecule has 60 valence electrons. The van der Waals surface area contributed by atoms with Gasteiger partial charge in [-0.05, 0) is 51.1 Å². The molecule has 0 spiro atoms. The van der Waals surface area contributed by atoms with Gasteiger partial charge in [0.05, 0.1) is 0 Å². The molecule has 2 rings (SSSR count). The van der Waals surface area contributed by atoms with Crippen LogP contribution in [0.2, 0.25) is 0 Å². The largest absolute Gasteiger partial charge is 0.289 e. The molecule has 8 heteroatoms. The average molecular weight is 277 g/mol. The Labute approximate surface area is 90.1 Å². The van der Waals surface area contributed by atoms with Crippen molar-refractivity contribution >= 4 is 73.7 Å². The predicted octanol–water partition coefficient (Wildman–Crippen LogP) is 4.23. The van der Waals surface area contributed by atoms with Crippen LogP contribution in [0.5, 0.6) is 0 Å². The second kappa shape index (κ2) is 4.21. The van der Waals surface area contributed by atoms with Crippen molar-refractivity contribution in [1.82, 2.24) is 0 Å². The van der Waals surface area contributed by atoms with E-state index in [0.29, 0.717) is 0 Å². The van der Waals surface area contributed by atoms with Crippen LogP contribution in [0.15, 0.2) is 13.2 Å². The molecule has 0 saturated carbocycles. The van der Waals surface area contributed by atoms with E-state index in [-0.39, 0.29) is 4.06 Å². The Kier molecular flexibility index (Phi) is 3.51. The van der Waals surface area contributed by atoms with Crippen LogP contribution in [0.3, 0.4) is 0 Å². The highest BCUT2D eigenvalue weighted by molar-refractivity contribution is 9.36. The molecule has 11 heavy (non-hydrogen) atoms. The zero-order valence-corrected chi connectivity index (χ0v) is 10.5. The van der Waals surface area contributed by atoms with E-state index in [4.69, 9.17) is 0 Å². The molecule has 1 aromatic heterocycles. The molecule has 0 amide bonds. The van der Waals surface area contributed by atoms with Crippen molar-refractivity contribution in [3.8, 4) is 0 Å². The first-order chi connectivity index (χ1) is 5.36. The van der Waals surface area contributed by atoms with E-state index in [2.05, 4.69) is 0 Å². The van der Waals surface area contributed by atoms with Crippen molar-refractivity contribution in [3.63, 3.8) is 0 Å². The van der Waals surface area contributed by atoms with Gasteiger partial charge in [-0.25, -0.2) is 0 Å². The van der Waals surface area contributed by atoms with Crippen molar-refractivity contribution in [3.05, 3.63) is 8.85 Å². The van der Waals surface area contributed by atoms with Crippen molar-refractivity contribution in [2.45, 2.75) is 8.42 Å². The predicted molar refractivity (Wildman–Crippen MR) is 63.0 cm³/mol. The Morgan fingerprint density at radius 1 is 0.818 bits per heavy atom. The highest BCUT2D eigenvalue weighted by Crippen LogP contribution is 2.60. The molecule has 0 radical (unpaired) electrons. The fraction of sp³-hybridized carbons (Fsp3) is 0. The summed E-state index contributed by atoms with van der Waals surface area (Å²) in [7, 11) is 8.60. The van der Waals surface area contributed by atoms with Crippen LogP contribution in [-0.2, 0) is 0 Å². The number of rotatable bonds is 0. The van der Waals surface area contributed by atoms with E-state index in [1.54, 1.807) is 51.1 Å². The average Bonchev–Trinajstić information content (AvgIpc) is 2.17. The molecule has 0 bridgehead atoms. The van der Waals surface area contributed by atoms with Crippen molar-refractivity contribution in [2.24, 2.45) is 0 Å². The molecule has 1 nitrogen and oxygen atoms in total. The van der Waals surface area contributed by atoms with Crippen LogP contribution in [0.25, 0.3) is 0 Å². The standard InChI is InChI=1S/C3OS7/c4-3-5-1-2(6-3)8-10-11-9-7-1. The Hall–Kier alpha value is 1.60. The van der Waals surface area contributed by atoms with Crippen LogP contribution in [0.4, 0.5) is 0 Å². The lowest BCUT2D eigenvalue weighted by molar-refractivity contribution is 1.56. The maximum absolute atomic E-state index is 11.0. The smallest absolute Gasteiger partial charge is 0.265 e. The summed E-state index contributed by atoms with van der Waals surface area (Å²) in [6, 6.07) is 0. The number of hydrogen-bond donors (Lipinski definition) is 0. The summed E-state index contributed by atoms with van der Waals surface area (Å²) < 4.78 is 2.56. The second-order valence-electron chi connectivity index (χ2n) is 1.40. The van der Waals surface area contributed by atoms with Crippen LogP contribution in [0, 0.1) is 0 Å². The van der Waals surface area contributed by atoms with Gasteiger partial charge >= 0.3 is 0 Å². The van der Waals surface area contributed by atoms with Gasteiger partial charge in [-0.2, -0.15) is 0 Å². The van der Waals surface area contributed by atoms with Gasteiger partial charge < -0.3 is 0 Å². The van der Waals surface area contributed by atoms with E-state index < -0.39 is 0 Å². The zero-order chi connectivity index (χ0) is 7.68. The monoisotopic (exact) mass is 276 g/mol. The van der Waals surface area contributed by atoms with Gasteiger partial charge in [-0.1, -0.05) is 22.7 Å². The molecule has 0 aliphatic carbocycles. The highest BCUT2D eigenvalue weighted by Gasteiger charge is 2.14. The first-order valence-electron chi connectivity index (χ1n) is 2.35. The van der Waals surface area contributed by atoms with E-state index >= 15 is 0 Å². The first kappa shape index (κ1) is 9.17. The molecule has 0 fully saturated rings. The van der Waals surface area contributed by atoms with Crippen molar-refractivity contribution in [2.75, 3.05) is 0 Å². The summed E-state index contributed by atoms with van der Waals surface area (Å²) in [6.45, 7) is 0. The second-order valence-corrected chi connectivity index (χ2v) is 11.6. The van der Waals surface area contributed by atoms with Gasteiger partial charge in [0.2, 0.25) is 0 Å². The topological polar surface area (TPSA) is 17.1 Å². The maximum Gasteiger partial charge on any atom is 0.289 e. The fourth-order valence-corrected chi connectivity index (χ4v) is 13.6. The van der Waals surface area contributed by atoms with Gasteiger partial charge in [0, 0.05) is 0 Å². The summed E-state index contributed by atoms with van der Waals surface area (Å²) in [5.74, 6) is 0. The van der Waals surface area contributed by atoms with Crippen LogP contribution >= 0.6 is 73.7 Å². The van der Waals surface area contributed by atoms with E-state index in [0.717, 1.165) is 0 Å². The molecule has 0 aromatic carbocycles. The summed E-state index contributed by atoms with van der Waals surface area (Å²) >= 11 is 2.72. The SMILES string of the molecule is O=c1sc2c(s1)SSSSS2. The van der Waals surface area contributed by atoms with Crippen LogP contribution in [-0.4, -0.2) is 0 Å². The summed E-state index contributed by atoms with van der Waals surface area (Å²) in [5.41, 5.74) is 0. The molecular weight excluding hydrogens is 277 g/mol. The Balaban J connectivity index is 2.39. The van der Waals surface area contributed by atoms with Gasteiger partial charge in [-0.3, -0.25) is 4.79 Å². The molecule has 0 atom stereocenters. The molecule has 1 aliphatic rings. The van der Waals surface area contributed by atoms with E-state index in [1.165, 1.54) is 31.1 Å². The van der Waals surface area contributed by atoms with Crippen LogP contribution < -0.4 is 4.06 Å². The third-order valence-electron chi connectivity index (χ3n) is 0.794. The van der Waals surface area contributed by atoms with Gasteiger partial charge in [0.15, 0.2) is 0 Å². The Morgan fingerprint density at radius 2 is 1.36 bits per heavy atom. The molecule has 0 N–H and O–H groups in total. The minimum Gasteiger partial charge on any atom is -0.265 e. The molecule has 1 aromatic rings. The maximum atomic E-state index is 11.0. The summed E-state index contributed by atoms with van der Waals surface area (Å²) in [6.07, 6.45) is 0. The Bertz CT molecular complexity index is 272. The quantitative estimate of drug-likeness (QED) is 0.655. The van der Waals surface area contributed by atoms with Crippen molar-refractivity contribution in [1.29, 1.82) is 0 Å². The number of fused-ring (bicyclic) bond motifs is 1. The third-order valence-corrected chi connectivity index (χ3v) is 12.5. The van der Waals surface area contributed by atoms with Gasteiger partial charge in [-0.15, -0.1) is 0 Å². The molecular formula is C3OS7. The van der Waals surface area contributed by atoms with Gasteiger partial charge in [0.25, 0.3) is 4.06 Å². The van der Waals surface area contributed by atoms with E-state index in [1.807, 2.05) is 0 Å². The Morgan fingerprint density at radius 3 is 1.91 bits per heavy atom. The first-order valence-corrected chi connectivity index (χ1v) is 10.1.